The van der Waals surface area contributed by atoms with Crippen molar-refractivity contribution in [1.82, 2.24) is 14.8 Å². The van der Waals surface area contributed by atoms with Gasteiger partial charge in [0.05, 0.1) is 17.2 Å². The molecule has 1 unspecified atom stereocenters. The van der Waals surface area contributed by atoms with Crippen LogP contribution in [0, 0.1) is 0 Å². The molecule has 0 saturated heterocycles. The number of nitrogens with zero attached hydrogens (tertiary/aromatic N) is 3. The van der Waals surface area contributed by atoms with Crippen molar-refractivity contribution in [2.24, 2.45) is 0 Å². The Bertz CT molecular complexity index is 1970. The number of fused-ring (bicyclic) bond motifs is 1. The molecule has 5 aromatic rings. The van der Waals surface area contributed by atoms with E-state index in [0.29, 0.717) is 76.0 Å². The molecule has 2 N–H and O–H groups in total. The smallest absolute Gasteiger partial charge is 0.255 e. The quantitative estimate of drug-likeness (QED) is 0.137. The standard InChI is InChI=1S/C34H27BrCl3N5O3S/c1-19-29(32(44)40-22-10-4-3-5-11-22)30(43-33(39-19)41-34(42-43)47-18-20-9-6-7-12-25(20)36)21-15-24(35)31(28(16-21)45-2)46-17-23-26(37)13-8-14-27(23)38/h3-16,30H,17-18H2,1-2H3,(H,40,44)(H,39,41,42). The number of anilines is 2. The minimum atomic E-state index is -0.672. The number of aromatic nitrogens is 3. The van der Waals surface area contributed by atoms with Crippen LogP contribution in [0.1, 0.15) is 29.7 Å². The maximum absolute atomic E-state index is 14.0. The third-order valence-electron chi connectivity index (χ3n) is 7.41. The first-order valence-electron chi connectivity index (χ1n) is 14.3. The molecule has 1 atom stereocenters. The highest BCUT2D eigenvalue weighted by Gasteiger charge is 2.35. The Kier molecular flexibility index (Phi) is 10.3. The molecule has 2 heterocycles. The Morgan fingerprint density at radius 1 is 1.00 bits per heavy atom. The summed E-state index contributed by atoms with van der Waals surface area (Å²) in [5, 5.41) is 13.4. The normalized spacial score (nSPS) is 14.0. The second-order valence-corrected chi connectivity index (χ2v) is 13.5. The van der Waals surface area contributed by atoms with Gasteiger partial charge in [0.25, 0.3) is 5.91 Å². The average molecular weight is 772 g/mol. The van der Waals surface area contributed by atoms with E-state index in [2.05, 4.69) is 26.6 Å². The van der Waals surface area contributed by atoms with E-state index in [9.17, 15) is 4.79 Å². The van der Waals surface area contributed by atoms with Crippen molar-refractivity contribution in [3.8, 4) is 11.5 Å². The molecule has 1 aromatic heterocycles. The highest BCUT2D eigenvalue weighted by Crippen LogP contribution is 2.44. The number of hydrogen-bond acceptors (Lipinski definition) is 7. The van der Waals surface area contributed by atoms with Crippen LogP contribution >= 0.6 is 62.5 Å². The molecule has 0 fully saturated rings. The van der Waals surface area contributed by atoms with E-state index in [1.54, 1.807) is 30.0 Å². The molecule has 47 heavy (non-hydrogen) atoms. The predicted molar refractivity (Wildman–Crippen MR) is 192 cm³/mol. The van der Waals surface area contributed by atoms with Gasteiger partial charge in [-0.3, -0.25) is 4.79 Å². The number of carbonyl (C=O) groups excluding carboxylic acids is 1. The van der Waals surface area contributed by atoms with Gasteiger partial charge in [0.1, 0.15) is 12.6 Å². The number of amides is 1. The Labute approximate surface area is 299 Å². The number of carbonyl (C=O) groups is 1. The number of allylic oxidation sites excluding steroid dienone is 1. The summed E-state index contributed by atoms with van der Waals surface area (Å²) < 4.78 is 14.3. The van der Waals surface area contributed by atoms with Gasteiger partial charge in [-0.15, -0.1) is 5.10 Å². The van der Waals surface area contributed by atoms with Crippen LogP contribution in [-0.2, 0) is 17.2 Å². The van der Waals surface area contributed by atoms with E-state index >= 15 is 0 Å². The first-order valence-corrected chi connectivity index (χ1v) is 17.2. The fourth-order valence-corrected chi connectivity index (χ4v) is 7.32. The molecule has 1 aliphatic heterocycles. The van der Waals surface area contributed by atoms with Crippen LogP contribution in [0.3, 0.4) is 0 Å². The molecular weight excluding hydrogens is 745 g/mol. The molecule has 0 aliphatic carbocycles. The Hall–Kier alpha value is -3.67. The van der Waals surface area contributed by atoms with Crippen LogP contribution in [0.5, 0.6) is 11.5 Å². The van der Waals surface area contributed by atoms with Crippen molar-refractivity contribution < 1.29 is 14.3 Å². The third kappa shape index (κ3) is 7.27. The van der Waals surface area contributed by atoms with Crippen LogP contribution in [0.25, 0.3) is 0 Å². The lowest BCUT2D eigenvalue weighted by Gasteiger charge is -2.29. The van der Waals surface area contributed by atoms with E-state index in [0.717, 1.165) is 5.56 Å². The van der Waals surface area contributed by atoms with Gasteiger partial charge >= 0.3 is 0 Å². The zero-order chi connectivity index (χ0) is 33.1. The lowest BCUT2D eigenvalue weighted by Crippen LogP contribution is -2.31. The molecule has 4 aromatic carbocycles. The third-order valence-corrected chi connectivity index (χ3v) is 9.97. The fourth-order valence-electron chi connectivity index (χ4n) is 5.12. The highest BCUT2D eigenvalue weighted by molar-refractivity contribution is 9.10. The van der Waals surface area contributed by atoms with Gasteiger partial charge in [-0.05, 0) is 76.4 Å². The fraction of sp³-hybridized carbons (Fsp3) is 0.147. The Morgan fingerprint density at radius 2 is 1.70 bits per heavy atom. The Balaban J connectivity index is 1.38. The van der Waals surface area contributed by atoms with Crippen LogP contribution < -0.4 is 20.1 Å². The summed E-state index contributed by atoms with van der Waals surface area (Å²) in [6, 6.07) is 25.3. The lowest BCUT2D eigenvalue weighted by molar-refractivity contribution is -0.113. The SMILES string of the molecule is COc1cc(C2C(C(=O)Nc3ccccc3)=C(C)Nc3nc(SCc4ccccc4Cl)nn32)cc(Br)c1OCc1c(Cl)cccc1Cl. The number of para-hydroxylation sites is 1. The number of thioether (sulfide) groups is 1. The van der Waals surface area contributed by atoms with Gasteiger partial charge in [-0.25, -0.2) is 4.68 Å². The largest absolute Gasteiger partial charge is 0.493 e. The molecule has 0 radical (unpaired) electrons. The summed E-state index contributed by atoms with van der Waals surface area (Å²) in [5.41, 5.74) is 4.09. The molecule has 1 aliphatic rings. The number of rotatable bonds is 10. The van der Waals surface area contributed by atoms with Gasteiger partial charge in [-0.1, -0.05) is 89.0 Å². The summed E-state index contributed by atoms with van der Waals surface area (Å²) in [6.45, 7) is 1.96. The first-order chi connectivity index (χ1) is 22.7. The van der Waals surface area contributed by atoms with E-state index in [4.69, 9.17) is 54.4 Å². The van der Waals surface area contributed by atoms with Gasteiger partial charge in [0.2, 0.25) is 11.1 Å². The van der Waals surface area contributed by atoms with Crippen molar-refractivity contribution in [2.75, 3.05) is 17.7 Å². The molecule has 0 bridgehead atoms. The molecule has 240 valence electrons. The maximum Gasteiger partial charge on any atom is 0.255 e. The number of methoxy groups -OCH3 is 1. The summed E-state index contributed by atoms with van der Waals surface area (Å²) in [5.74, 6) is 1.66. The van der Waals surface area contributed by atoms with Crippen molar-refractivity contribution in [3.05, 3.63) is 132 Å². The van der Waals surface area contributed by atoms with Gasteiger partial charge in [0.15, 0.2) is 11.5 Å². The van der Waals surface area contributed by atoms with E-state index in [1.165, 1.54) is 11.8 Å². The zero-order valence-electron chi connectivity index (χ0n) is 25.1. The van der Waals surface area contributed by atoms with Crippen molar-refractivity contribution in [2.45, 2.75) is 30.5 Å². The summed E-state index contributed by atoms with van der Waals surface area (Å²) >= 11 is 24.3. The topological polar surface area (TPSA) is 90.3 Å². The van der Waals surface area contributed by atoms with Gasteiger partial charge in [0, 0.05) is 37.8 Å². The van der Waals surface area contributed by atoms with Crippen LogP contribution in [0.15, 0.2) is 106 Å². The second-order valence-electron chi connectivity index (χ2n) is 10.5. The van der Waals surface area contributed by atoms with E-state index in [1.807, 2.05) is 73.7 Å². The number of benzene rings is 4. The minimum Gasteiger partial charge on any atom is -0.493 e. The monoisotopic (exact) mass is 769 g/mol. The van der Waals surface area contributed by atoms with Crippen LogP contribution in [0.4, 0.5) is 11.6 Å². The number of ether oxygens (including phenoxy) is 2. The zero-order valence-corrected chi connectivity index (χ0v) is 29.7. The van der Waals surface area contributed by atoms with E-state index in [-0.39, 0.29) is 12.5 Å². The van der Waals surface area contributed by atoms with Gasteiger partial charge < -0.3 is 20.1 Å². The molecule has 1 amide bonds. The maximum atomic E-state index is 14.0. The molecular formula is C34H27BrCl3N5O3S. The Morgan fingerprint density at radius 3 is 2.43 bits per heavy atom. The predicted octanol–water partition coefficient (Wildman–Crippen LogP) is 9.81. The van der Waals surface area contributed by atoms with Crippen LogP contribution in [0.2, 0.25) is 15.1 Å². The minimum absolute atomic E-state index is 0.114. The highest BCUT2D eigenvalue weighted by atomic mass is 79.9. The molecule has 0 saturated carbocycles. The molecule has 13 heteroatoms. The van der Waals surface area contributed by atoms with Gasteiger partial charge in [-0.2, -0.15) is 4.98 Å². The van der Waals surface area contributed by atoms with Crippen molar-refractivity contribution >= 4 is 80.0 Å². The summed E-state index contributed by atoms with van der Waals surface area (Å²) in [7, 11) is 1.55. The summed E-state index contributed by atoms with van der Waals surface area (Å²) in [4.78, 5) is 18.7. The van der Waals surface area contributed by atoms with E-state index < -0.39 is 6.04 Å². The van der Waals surface area contributed by atoms with Crippen molar-refractivity contribution in [3.63, 3.8) is 0 Å². The number of halogens is 4. The molecule has 0 spiro atoms. The second kappa shape index (κ2) is 14.6. The first kappa shape index (κ1) is 33.2. The van der Waals surface area contributed by atoms with Crippen LogP contribution in [-0.4, -0.2) is 27.8 Å². The molecule has 6 rings (SSSR count). The molecule has 8 nitrogen and oxygen atoms in total. The number of nitrogens with one attached hydrogen (secondary N) is 2. The summed E-state index contributed by atoms with van der Waals surface area (Å²) in [6.07, 6.45) is 0. The lowest BCUT2D eigenvalue weighted by atomic mass is 9.94. The van der Waals surface area contributed by atoms with Crippen molar-refractivity contribution in [1.29, 1.82) is 0 Å². The average Bonchev–Trinajstić information content (AvgIpc) is 3.46. The number of hydrogen-bond donors (Lipinski definition) is 2.